The summed E-state index contributed by atoms with van der Waals surface area (Å²) in [5.74, 6) is 0. The van der Waals surface area contributed by atoms with E-state index in [1.54, 1.807) is 18.2 Å². The van der Waals surface area contributed by atoms with E-state index < -0.39 is 6.35 Å². The van der Waals surface area contributed by atoms with Crippen molar-refractivity contribution in [1.29, 1.82) is 5.26 Å². The van der Waals surface area contributed by atoms with Gasteiger partial charge in [-0.05, 0) is 66.8 Å². The predicted molar refractivity (Wildman–Crippen MR) is 163 cm³/mol. The normalized spacial score (nSPS) is 20.2. The molecule has 0 spiro atoms. The number of nitrogens with one attached hydrogen (secondary N) is 2. The molecule has 0 radical (unpaired) electrons. The first kappa shape index (κ1) is 28.9. The van der Waals surface area contributed by atoms with E-state index in [1.165, 1.54) is 31.2 Å². The molecule has 0 bridgehead atoms. The molecule has 1 saturated carbocycles. The van der Waals surface area contributed by atoms with Crippen molar-refractivity contribution in [2.24, 2.45) is 0 Å². The second kappa shape index (κ2) is 13.4. The van der Waals surface area contributed by atoms with E-state index in [4.69, 9.17) is 23.2 Å². The van der Waals surface area contributed by atoms with Gasteiger partial charge in [0.15, 0.2) is 6.35 Å². The minimum absolute atomic E-state index is 0.0691. The predicted octanol–water partition coefficient (Wildman–Crippen LogP) is 6.50. The lowest BCUT2D eigenvalue weighted by Crippen LogP contribution is -2.56. The van der Waals surface area contributed by atoms with Gasteiger partial charge >= 0.3 is 0 Å². The van der Waals surface area contributed by atoms with E-state index in [1.807, 2.05) is 24.3 Å². The number of hydrogen-bond acceptors (Lipinski definition) is 6. The summed E-state index contributed by atoms with van der Waals surface area (Å²) in [5, 5.41) is 27.5. The lowest BCUT2D eigenvalue weighted by Gasteiger charge is -2.46. The Balaban J connectivity index is 1.33. The number of aliphatic hydroxyl groups excluding tert-OH is 1. The molecule has 0 aromatic heterocycles. The van der Waals surface area contributed by atoms with Crippen LogP contribution in [0.15, 0.2) is 66.7 Å². The Kier molecular flexibility index (Phi) is 9.64. The second-order valence-electron chi connectivity index (χ2n) is 11.0. The molecular weight excluding hydrogens is 541 g/mol. The molecule has 3 N–H and O–H groups in total. The van der Waals surface area contributed by atoms with Crippen LogP contribution in [0.2, 0.25) is 10.0 Å². The van der Waals surface area contributed by atoms with Crippen molar-refractivity contribution in [3.63, 3.8) is 0 Å². The summed E-state index contributed by atoms with van der Waals surface area (Å²) in [6.45, 7) is 5.97. The average molecular weight is 579 g/mol. The number of halogens is 2. The minimum atomic E-state index is -0.972. The molecule has 1 aliphatic heterocycles. The average Bonchev–Trinajstić information content (AvgIpc) is 3.49. The van der Waals surface area contributed by atoms with Crippen LogP contribution in [0.1, 0.15) is 49.8 Å². The van der Waals surface area contributed by atoms with Crippen molar-refractivity contribution in [3.05, 3.63) is 87.9 Å². The fourth-order valence-corrected chi connectivity index (χ4v) is 6.75. The van der Waals surface area contributed by atoms with Gasteiger partial charge in [-0.3, -0.25) is 15.1 Å². The number of piperazine rings is 1. The van der Waals surface area contributed by atoms with Crippen molar-refractivity contribution in [2.75, 3.05) is 31.5 Å². The van der Waals surface area contributed by atoms with Crippen molar-refractivity contribution in [2.45, 2.75) is 57.1 Å². The Bertz CT molecular complexity index is 1300. The van der Waals surface area contributed by atoms with Gasteiger partial charge in [0.05, 0.1) is 11.6 Å². The van der Waals surface area contributed by atoms with Crippen LogP contribution in [0, 0.1) is 11.3 Å². The molecule has 0 amide bonds. The molecule has 3 aromatic rings. The van der Waals surface area contributed by atoms with Crippen molar-refractivity contribution in [1.82, 2.24) is 15.1 Å². The maximum absolute atomic E-state index is 10.8. The molecule has 1 saturated heterocycles. The van der Waals surface area contributed by atoms with Crippen LogP contribution in [0.25, 0.3) is 11.1 Å². The number of nitrogens with zero attached hydrogens (tertiary/aromatic N) is 3. The summed E-state index contributed by atoms with van der Waals surface area (Å²) in [5.41, 5.74) is 4.59. The summed E-state index contributed by atoms with van der Waals surface area (Å²) >= 11 is 12.3. The molecule has 1 heterocycles. The monoisotopic (exact) mass is 577 g/mol. The molecule has 40 heavy (non-hydrogen) atoms. The van der Waals surface area contributed by atoms with E-state index >= 15 is 0 Å². The number of anilines is 1. The zero-order valence-electron chi connectivity index (χ0n) is 22.9. The van der Waals surface area contributed by atoms with Gasteiger partial charge in [0.2, 0.25) is 0 Å². The zero-order valence-corrected chi connectivity index (χ0v) is 24.4. The first-order chi connectivity index (χ1) is 19.4. The highest BCUT2D eigenvalue weighted by atomic mass is 35.5. The molecule has 3 aromatic carbocycles. The van der Waals surface area contributed by atoms with Crippen LogP contribution in [0.5, 0.6) is 0 Å². The maximum atomic E-state index is 10.8. The molecule has 2 unspecified atom stereocenters. The number of nitriles is 1. The molecule has 8 heteroatoms. The highest BCUT2D eigenvalue weighted by molar-refractivity contribution is 6.35. The summed E-state index contributed by atoms with van der Waals surface area (Å²) in [6, 6.07) is 24.8. The van der Waals surface area contributed by atoms with Crippen molar-refractivity contribution < 1.29 is 5.11 Å². The lowest BCUT2D eigenvalue weighted by molar-refractivity contribution is 0.0236. The molecule has 210 valence electrons. The number of benzene rings is 3. The van der Waals surface area contributed by atoms with E-state index in [0.717, 1.165) is 36.8 Å². The molecule has 5 rings (SSSR count). The second-order valence-corrected chi connectivity index (χ2v) is 11.8. The van der Waals surface area contributed by atoms with Crippen LogP contribution in [-0.2, 0) is 0 Å². The summed E-state index contributed by atoms with van der Waals surface area (Å²) < 4.78 is 0. The Morgan fingerprint density at radius 3 is 2.38 bits per heavy atom. The smallest absolute Gasteiger partial charge is 0.181 e. The van der Waals surface area contributed by atoms with Crippen LogP contribution in [0.3, 0.4) is 0 Å². The molecule has 3 atom stereocenters. The van der Waals surface area contributed by atoms with Gasteiger partial charge in [0.1, 0.15) is 0 Å². The van der Waals surface area contributed by atoms with E-state index in [2.05, 4.69) is 57.7 Å². The van der Waals surface area contributed by atoms with Gasteiger partial charge in [-0.25, -0.2) is 0 Å². The highest BCUT2D eigenvalue weighted by Crippen LogP contribution is 2.31. The zero-order chi connectivity index (χ0) is 28.1. The summed E-state index contributed by atoms with van der Waals surface area (Å²) in [6.07, 6.45) is 4.35. The number of hydrogen-bond donors (Lipinski definition) is 3. The molecule has 1 aliphatic carbocycles. The Hall–Kier alpha value is -2.63. The standard InChI is InChI=1S/C32H37Cl2N5O/c1-22-21-38(30-7-2-3-8-30)13-14-39(22)31(20-36-32(40)37-29-17-27(33)16-28(34)18-29)25-11-9-24(10-12-25)26-6-4-5-23(15-26)19-35/h4-6,9-12,15-18,22,30-32,36-37,40H,2-3,7-8,13-14,20-21H2,1H3/t22?,31-,32?/m0/s1. The van der Waals surface area contributed by atoms with Crippen LogP contribution < -0.4 is 10.6 Å². The largest absolute Gasteiger partial charge is 0.361 e. The van der Waals surface area contributed by atoms with Gasteiger partial charge in [-0.2, -0.15) is 5.26 Å². The Morgan fingerprint density at radius 2 is 1.70 bits per heavy atom. The van der Waals surface area contributed by atoms with E-state index in [-0.39, 0.29) is 6.04 Å². The van der Waals surface area contributed by atoms with Gasteiger partial charge in [-0.1, -0.05) is 72.4 Å². The van der Waals surface area contributed by atoms with Gasteiger partial charge in [-0.15, -0.1) is 0 Å². The first-order valence-corrected chi connectivity index (χ1v) is 14.9. The van der Waals surface area contributed by atoms with Gasteiger partial charge in [0, 0.05) is 60.0 Å². The first-order valence-electron chi connectivity index (χ1n) is 14.1. The lowest BCUT2D eigenvalue weighted by atomic mass is 9.97. The SMILES string of the molecule is CC1CN(C2CCCC2)CCN1[C@@H](CNC(O)Nc1cc(Cl)cc(Cl)c1)c1ccc(-c2cccc(C#N)c2)cc1. The molecule has 2 fully saturated rings. The van der Waals surface area contributed by atoms with Crippen molar-refractivity contribution >= 4 is 28.9 Å². The van der Waals surface area contributed by atoms with Gasteiger partial charge < -0.3 is 10.4 Å². The Morgan fingerprint density at radius 1 is 0.975 bits per heavy atom. The molecule has 6 nitrogen and oxygen atoms in total. The summed E-state index contributed by atoms with van der Waals surface area (Å²) in [7, 11) is 0. The maximum Gasteiger partial charge on any atom is 0.181 e. The number of rotatable bonds is 9. The third-order valence-corrected chi connectivity index (χ3v) is 8.68. The van der Waals surface area contributed by atoms with Crippen molar-refractivity contribution in [3.8, 4) is 17.2 Å². The summed E-state index contributed by atoms with van der Waals surface area (Å²) in [4.78, 5) is 5.25. The van der Waals surface area contributed by atoms with Crippen LogP contribution in [0.4, 0.5) is 5.69 Å². The fourth-order valence-electron chi connectivity index (χ4n) is 6.23. The topological polar surface area (TPSA) is 74.6 Å². The van der Waals surface area contributed by atoms with E-state index in [0.29, 0.717) is 33.9 Å². The van der Waals surface area contributed by atoms with Crippen LogP contribution in [-0.4, -0.2) is 59.5 Å². The third-order valence-electron chi connectivity index (χ3n) is 8.24. The number of aliphatic hydroxyl groups is 1. The quantitative estimate of drug-likeness (QED) is 0.252. The van der Waals surface area contributed by atoms with Gasteiger partial charge in [0.25, 0.3) is 0 Å². The third kappa shape index (κ3) is 7.16. The minimum Gasteiger partial charge on any atom is -0.361 e. The fraction of sp³-hybridized carbons (Fsp3) is 0.406. The van der Waals surface area contributed by atoms with E-state index in [9.17, 15) is 10.4 Å². The highest BCUT2D eigenvalue weighted by Gasteiger charge is 2.34. The molecule has 2 aliphatic rings. The molecular formula is C32H37Cl2N5O. The Labute approximate surface area is 247 Å². The van der Waals surface area contributed by atoms with Crippen LogP contribution >= 0.6 is 23.2 Å².